The van der Waals surface area contributed by atoms with Crippen LogP contribution < -0.4 is 11.3 Å². The van der Waals surface area contributed by atoms with Crippen LogP contribution in [0.5, 0.6) is 0 Å². The van der Waals surface area contributed by atoms with E-state index >= 15 is 0 Å². The number of unbranched alkanes of at least 4 members (excludes halogenated alkanes) is 14. The van der Waals surface area contributed by atoms with Gasteiger partial charge in [-0.3, -0.25) is 0 Å². The molecule has 0 heterocycles. The van der Waals surface area contributed by atoms with Gasteiger partial charge in [0.2, 0.25) is 0 Å². The number of aliphatic hydroxyl groups is 3. The molecule has 0 aliphatic carbocycles. The number of carboxylic acids is 1. The molecule has 0 aromatic rings. The number of carboxylic acid groups (broad SMARTS) is 1. The molecular formula is C24H57NO5. The molecule has 30 heavy (non-hydrogen) atoms. The Kier molecular flexibility index (Phi) is 61.6. The molecule has 0 rings (SSSR count). The van der Waals surface area contributed by atoms with Crippen LogP contribution in [0.1, 0.15) is 130 Å². The highest BCUT2D eigenvalue weighted by Gasteiger charge is 1.94. The van der Waals surface area contributed by atoms with E-state index in [9.17, 15) is 9.90 Å². The third-order valence-electron chi connectivity index (χ3n) is 3.98. The highest BCUT2D eigenvalue weighted by atomic mass is 16.4. The number of hydrogen-bond acceptors (Lipinski definition) is 5. The van der Waals surface area contributed by atoms with Gasteiger partial charge in [0.15, 0.2) is 0 Å². The molecule has 0 fully saturated rings. The summed E-state index contributed by atoms with van der Waals surface area (Å²) in [5, 5.41) is 32.9. The fraction of sp³-hybridized carbons (Fsp3) is 0.958. The Morgan fingerprint density at radius 3 is 0.933 bits per heavy atom. The van der Waals surface area contributed by atoms with E-state index in [-0.39, 0.29) is 32.4 Å². The Bertz CT molecular complexity index is 249. The van der Waals surface area contributed by atoms with Gasteiger partial charge in [-0.2, -0.15) is 0 Å². The molecule has 0 aliphatic heterocycles. The second-order valence-electron chi connectivity index (χ2n) is 7.02. The molecular weight excluding hydrogens is 382 g/mol. The molecule has 6 nitrogen and oxygen atoms in total. The first-order valence-corrected chi connectivity index (χ1v) is 12.0. The van der Waals surface area contributed by atoms with Gasteiger partial charge in [-0.1, -0.05) is 96.8 Å². The van der Waals surface area contributed by atoms with E-state index in [1.165, 1.54) is 83.5 Å². The minimum Gasteiger partial charge on any atom is -0.550 e. The third kappa shape index (κ3) is 71.1. The molecule has 0 radical (unpaired) electrons. The first-order valence-electron chi connectivity index (χ1n) is 12.0. The zero-order valence-corrected chi connectivity index (χ0v) is 21.1. The number of aliphatic hydroxyl groups excluding tert-OH is 3. The summed E-state index contributed by atoms with van der Waals surface area (Å²) in [6, 6.07) is 0. The molecule has 0 aromatic carbocycles. The van der Waals surface area contributed by atoms with Crippen LogP contribution in [-0.2, 0) is 4.79 Å². The molecule has 7 N–H and O–H groups in total. The molecule has 188 valence electrons. The fourth-order valence-corrected chi connectivity index (χ4v) is 2.64. The van der Waals surface area contributed by atoms with Gasteiger partial charge in [0, 0.05) is 25.8 Å². The Morgan fingerprint density at radius 1 is 0.533 bits per heavy atom. The number of hydrogen-bond donors (Lipinski definition) is 4. The van der Waals surface area contributed by atoms with Crippen molar-refractivity contribution in [2.75, 3.05) is 19.8 Å². The summed E-state index contributed by atoms with van der Waals surface area (Å²) in [4.78, 5) is 10.2. The molecule has 0 spiro atoms. The van der Waals surface area contributed by atoms with Gasteiger partial charge in [-0.05, 0) is 33.6 Å². The van der Waals surface area contributed by atoms with E-state index in [1.807, 2.05) is 0 Å². The van der Waals surface area contributed by atoms with Crippen molar-refractivity contribution >= 4 is 5.97 Å². The van der Waals surface area contributed by atoms with Crippen LogP contribution >= 0.6 is 0 Å². The van der Waals surface area contributed by atoms with E-state index in [0.717, 1.165) is 12.8 Å². The summed E-state index contributed by atoms with van der Waals surface area (Å²) >= 11 is 0. The smallest absolute Gasteiger partial charge is 0.0414 e. The minimum atomic E-state index is -0.903. The van der Waals surface area contributed by atoms with Gasteiger partial charge in [-0.25, -0.2) is 0 Å². The van der Waals surface area contributed by atoms with E-state index in [1.54, 1.807) is 20.8 Å². The molecule has 0 saturated carbocycles. The van der Waals surface area contributed by atoms with Crippen molar-refractivity contribution in [2.24, 2.45) is 0 Å². The van der Waals surface area contributed by atoms with Crippen molar-refractivity contribution < 1.29 is 25.2 Å². The Hall–Kier alpha value is -0.690. The molecule has 0 amide bonds. The van der Waals surface area contributed by atoms with Crippen molar-refractivity contribution in [3.8, 4) is 0 Å². The Morgan fingerprint density at radius 2 is 0.733 bits per heavy atom. The average Bonchev–Trinajstić information content (AvgIpc) is 2.66. The molecule has 0 saturated heterocycles. The third-order valence-corrected chi connectivity index (χ3v) is 3.98. The number of carbonyl (C=O) groups is 1. The van der Waals surface area contributed by atoms with Crippen LogP contribution in [0.4, 0.5) is 0 Å². The summed E-state index contributed by atoms with van der Waals surface area (Å²) in [5.41, 5.74) is 0. The topological polar surface area (TPSA) is 137 Å². The molecule has 0 atom stereocenters. The summed E-state index contributed by atoms with van der Waals surface area (Å²) in [6.07, 6.45) is 19.9. The summed E-state index contributed by atoms with van der Waals surface area (Å²) in [6.45, 7) is 8.06. The number of rotatable bonds is 16. The molecule has 0 unspecified atom stereocenters. The lowest BCUT2D eigenvalue weighted by Crippen LogP contribution is -2.21. The fourth-order valence-electron chi connectivity index (χ4n) is 2.64. The lowest BCUT2D eigenvalue weighted by molar-refractivity contribution is -0.305. The maximum absolute atomic E-state index is 10.2. The highest BCUT2D eigenvalue weighted by Crippen LogP contribution is 2.13. The Balaban J connectivity index is -0.000000177. The van der Waals surface area contributed by atoms with E-state index < -0.39 is 5.97 Å². The standard InChI is InChI=1S/C18H36O2.3C2H6O.H3N/c1-2-3-4-5-6-7-8-9-10-11-12-13-14-15-16-17-18(19)20;3*1-2-3;/h2-17H2,1H3,(H,19,20);3*3H,2H2,1H3;1H3. The first kappa shape index (κ1) is 39.7. The van der Waals surface area contributed by atoms with Crippen molar-refractivity contribution in [1.29, 1.82) is 0 Å². The maximum Gasteiger partial charge on any atom is 0.0414 e. The van der Waals surface area contributed by atoms with Gasteiger partial charge < -0.3 is 31.4 Å². The normalized spacial score (nSPS) is 9.03. The molecule has 6 heteroatoms. The van der Waals surface area contributed by atoms with Gasteiger partial charge in [-0.15, -0.1) is 0 Å². The van der Waals surface area contributed by atoms with Crippen molar-refractivity contribution in [2.45, 2.75) is 130 Å². The van der Waals surface area contributed by atoms with Crippen LogP contribution in [0.15, 0.2) is 0 Å². The average molecular weight is 440 g/mol. The Labute approximate surface area is 188 Å². The van der Waals surface area contributed by atoms with Crippen molar-refractivity contribution in [3.05, 3.63) is 0 Å². The number of aliphatic carboxylic acids is 1. The lowest BCUT2D eigenvalue weighted by atomic mass is 10.0. The van der Waals surface area contributed by atoms with Crippen molar-refractivity contribution in [3.63, 3.8) is 0 Å². The lowest BCUT2D eigenvalue weighted by Gasteiger charge is -2.04. The summed E-state index contributed by atoms with van der Waals surface area (Å²) < 4.78 is 0. The number of carbonyl (C=O) groups excluding carboxylic acids is 1. The highest BCUT2D eigenvalue weighted by molar-refractivity contribution is 5.63. The second kappa shape index (κ2) is 46.5. The SMILES string of the molecule is CCCCCCCCCCCCCCCCCC(=O)[O-].CCO.CCO.CCO.[NH4+]. The van der Waals surface area contributed by atoms with Gasteiger partial charge >= 0.3 is 0 Å². The first-order chi connectivity index (χ1) is 14.0. The summed E-state index contributed by atoms with van der Waals surface area (Å²) in [5.74, 6) is -0.903. The predicted molar refractivity (Wildman–Crippen MR) is 129 cm³/mol. The molecule has 0 aromatic heterocycles. The molecule has 0 bridgehead atoms. The van der Waals surface area contributed by atoms with Crippen LogP contribution in [0.2, 0.25) is 0 Å². The molecule has 0 aliphatic rings. The number of quaternary nitrogens is 1. The van der Waals surface area contributed by atoms with E-state index in [4.69, 9.17) is 15.3 Å². The van der Waals surface area contributed by atoms with Crippen molar-refractivity contribution in [1.82, 2.24) is 6.15 Å². The quantitative estimate of drug-likeness (QED) is 0.239. The monoisotopic (exact) mass is 439 g/mol. The van der Waals surface area contributed by atoms with Gasteiger partial charge in [0.25, 0.3) is 0 Å². The predicted octanol–water partition coefficient (Wildman–Crippen LogP) is 5.37. The zero-order chi connectivity index (χ0) is 23.0. The van der Waals surface area contributed by atoms with Crippen LogP contribution in [-0.4, -0.2) is 41.1 Å². The maximum atomic E-state index is 10.2. The minimum absolute atomic E-state index is 0. The van der Waals surface area contributed by atoms with E-state index in [0.29, 0.717) is 0 Å². The summed E-state index contributed by atoms with van der Waals surface area (Å²) in [7, 11) is 0. The van der Waals surface area contributed by atoms with E-state index in [2.05, 4.69) is 6.92 Å². The second-order valence-corrected chi connectivity index (χ2v) is 7.02. The van der Waals surface area contributed by atoms with Gasteiger partial charge in [0.05, 0.1) is 0 Å². The largest absolute Gasteiger partial charge is 0.550 e. The van der Waals surface area contributed by atoms with Crippen LogP contribution in [0.25, 0.3) is 0 Å². The van der Waals surface area contributed by atoms with Crippen LogP contribution in [0.3, 0.4) is 0 Å². The van der Waals surface area contributed by atoms with Crippen LogP contribution in [0, 0.1) is 0 Å². The zero-order valence-electron chi connectivity index (χ0n) is 21.1. The van der Waals surface area contributed by atoms with Gasteiger partial charge in [0.1, 0.15) is 0 Å².